The van der Waals surface area contributed by atoms with Gasteiger partial charge in [0, 0.05) is 25.2 Å². The van der Waals surface area contributed by atoms with Crippen molar-refractivity contribution in [3.8, 4) is 0 Å². The van der Waals surface area contributed by atoms with E-state index in [2.05, 4.69) is 9.97 Å². The summed E-state index contributed by atoms with van der Waals surface area (Å²) in [7, 11) is 0. The lowest BCUT2D eigenvalue weighted by Gasteiger charge is -2.35. The number of rotatable bonds is 2. The van der Waals surface area contributed by atoms with Gasteiger partial charge < -0.3 is 5.11 Å². The van der Waals surface area contributed by atoms with E-state index in [4.69, 9.17) is 5.11 Å². The maximum atomic E-state index is 11.2. The molecular weight excluding hydrogens is 196 g/mol. The first-order chi connectivity index (χ1) is 7.06. The molecule has 5 heteroatoms. The average Bonchev–Trinajstić information content (AvgIpc) is 2.13. The summed E-state index contributed by atoms with van der Waals surface area (Å²) in [5.74, 6) is -1.03. The third-order valence-electron chi connectivity index (χ3n) is 2.74. The van der Waals surface area contributed by atoms with Gasteiger partial charge in [0.05, 0.1) is 11.4 Å². The minimum Gasteiger partial charge on any atom is -0.481 e. The Morgan fingerprint density at radius 3 is 2.47 bits per heavy atom. The Morgan fingerprint density at radius 1 is 1.40 bits per heavy atom. The molecule has 0 amide bonds. The zero-order valence-electron chi connectivity index (χ0n) is 8.23. The number of hydrogen-bond donors (Lipinski definition) is 1. The first kappa shape index (κ1) is 9.76. The molecule has 0 radical (unpaired) electrons. The topological polar surface area (TPSA) is 80.2 Å². The van der Waals surface area contributed by atoms with Crippen molar-refractivity contribution in [2.45, 2.75) is 25.2 Å². The number of aliphatic carboxylic acids is 1. The molecule has 1 fully saturated rings. The maximum absolute atomic E-state index is 11.2. The molecule has 0 spiro atoms. The third kappa shape index (κ3) is 1.31. The van der Waals surface area contributed by atoms with E-state index < -0.39 is 11.4 Å². The molecule has 2 rings (SSSR count). The molecule has 0 unspecified atom stereocenters. The van der Waals surface area contributed by atoms with Crippen molar-refractivity contribution in [2.75, 3.05) is 0 Å². The number of carboxylic acid groups (broad SMARTS) is 1. The Kier molecular flexibility index (Phi) is 2.03. The molecule has 0 bridgehead atoms. The largest absolute Gasteiger partial charge is 0.481 e. The number of ketones is 1. The van der Waals surface area contributed by atoms with Crippen LogP contribution in [-0.4, -0.2) is 26.8 Å². The van der Waals surface area contributed by atoms with Crippen LogP contribution in [0.15, 0.2) is 12.4 Å². The molecule has 0 atom stereocenters. The number of hydrogen-bond acceptors (Lipinski definition) is 4. The van der Waals surface area contributed by atoms with E-state index in [0.29, 0.717) is 11.4 Å². The van der Waals surface area contributed by atoms with Gasteiger partial charge in [0.2, 0.25) is 0 Å². The Bertz CT molecular complexity index is 434. The molecule has 5 nitrogen and oxygen atoms in total. The number of carbonyl (C=O) groups excluding carboxylic acids is 1. The third-order valence-corrected chi connectivity index (χ3v) is 2.74. The minimum absolute atomic E-state index is 0.0296. The SMILES string of the molecule is Cc1nccnc1C1(C(=O)O)CC(=O)C1. The van der Waals surface area contributed by atoms with Crippen molar-refractivity contribution in [3.63, 3.8) is 0 Å². The highest BCUT2D eigenvalue weighted by atomic mass is 16.4. The highest BCUT2D eigenvalue weighted by Crippen LogP contribution is 2.41. The van der Waals surface area contributed by atoms with Crippen molar-refractivity contribution in [1.29, 1.82) is 0 Å². The van der Waals surface area contributed by atoms with Crippen LogP contribution < -0.4 is 0 Å². The zero-order chi connectivity index (χ0) is 11.1. The van der Waals surface area contributed by atoms with Gasteiger partial charge in [-0.1, -0.05) is 0 Å². The molecule has 1 aromatic rings. The number of carbonyl (C=O) groups is 2. The quantitative estimate of drug-likeness (QED) is 0.760. The fraction of sp³-hybridized carbons (Fsp3) is 0.400. The molecule has 78 valence electrons. The van der Waals surface area contributed by atoms with Crippen LogP contribution in [0.3, 0.4) is 0 Å². The molecule has 0 saturated heterocycles. The van der Waals surface area contributed by atoms with E-state index in [-0.39, 0.29) is 18.6 Å². The van der Waals surface area contributed by atoms with Gasteiger partial charge in [-0.05, 0) is 6.92 Å². The summed E-state index contributed by atoms with van der Waals surface area (Å²) in [6, 6.07) is 0. The molecule has 0 aliphatic heterocycles. The van der Waals surface area contributed by atoms with Crippen LogP contribution >= 0.6 is 0 Å². The van der Waals surface area contributed by atoms with E-state index in [9.17, 15) is 9.59 Å². The second-order valence-electron chi connectivity index (χ2n) is 3.77. The fourth-order valence-electron chi connectivity index (χ4n) is 1.92. The molecule has 1 aliphatic carbocycles. The number of Topliss-reactive ketones (excluding diaryl/α,β-unsaturated/α-hetero) is 1. The van der Waals surface area contributed by atoms with Gasteiger partial charge in [0.15, 0.2) is 0 Å². The van der Waals surface area contributed by atoms with Crippen LogP contribution in [0, 0.1) is 6.92 Å². The maximum Gasteiger partial charge on any atom is 0.316 e. The van der Waals surface area contributed by atoms with E-state index in [1.54, 1.807) is 6.92 Å². The predicted octanol–water partition coefficient (Wildman–Crippen LogP) is 0.470. The average molecular weight is 206 g/mol. The van der Waals surface area contributed by atoms with E-state index in [1.165, 1.54) is 12.4 Å². The van der Waals surface area contributed by atoms with Crippen LogP contribution in [0.4, 0.5) is 0 Å². The Balaban J connectivity index is 2.48. The van der Waals surface area contributed by atoms with Crippen LogP contribution in [0.1, 0.15) is 24.2 Å². The Hall–Kier alpha value is -1.78. The number of carboxylic acids is 1. The first-order valence-electron chi connectivity index (χ1n) is 4.59. The summed E-state index contributed by atoms with van der Waals surface area (Å²) in [5.41, 5.74) is -0.139. The number of aryl methyl sites for hydroxylation is 1. The second-order valence-corrected chi connectivity index (χ2v) is 3.77. The molecule has 1 saturated carbocycles. The number of nitrogens with zero attached hydrogens (tertiary/aromatic N) is 2. The predicted molar refractivity (Wildman–Crippen MR) is 50.3 cm³/mol. The zero-order valence-corrected chi connectivity index (χ0v) is 8.23. The Labute approximate surface area is 86.2 Å². The molecular formula is C10H10N2O3. The summed E-state index contributed by atoms with van der Waals surface area (Å²) in [4.78, 5) is 30.2. The lowest BCUT2D eigenvalue weighted by Crippen LogP contribution is -2.49. The van der Waals surface area contributed by atoms with Crippen molar-refractivity contribution in [1.82, 2.24) is 9.97 Å². The fourth-order valence-corrected chi connectivity index (χ4v) is 1.92. The lowest BCUT2D eigenvalue weighted by atomic mass is 9.65. The van der Waals surface area contributed by atoms with Gasteiger partial charge >= 0.3 is 5.97 Å². The smallest absolute Gasteiger partial charge is 0.316 e. The van der Waals surface area contributed by atoms with Crippen LogP contribution in [-0.2, 0) is 15.0 Å². The highest BCUT2D eigenvalue weighted by molar-refractivity contribution is 6.01. The molecule has 1 aliphatic rings. The monoisotopic (exact) mass is 206 g/mol. The van der Waals surface area contributed by atoms with Gasteiger partial charge in [-0.15, -0.1) is 0 Å². The van der Waals surface area contributed by atoms with Gasteiger partial charge in [0.1, 0.15) is 11.2 Å². The van der Waals surface area contributed by atoms with Gasteiger partial charge in [0.25, 0.3) is 0 Å². The van der Waals surface area contributed by atoms with Crippen molar-refractivity contribution in [2.24, 2.45) is 0 Å². The second kappa shape index (κ2) is 3.12. The van der Waals surface area contributed by atoms with Gasteiger partial charge in [-0.3, -0.25) is 19.6 Å². The van der Waals surface area contributed by atoms with Crippen LogP contribution in [0.2, 0.25) is 0 Å². The van der Waals surface area contributed by atoms with E-state index >= 15 is 0 Å². The first-order valence-corrected chi connectivity index (χ1v) is 4.59. The molecule has 1 aromatic heterocycles. The minimum atomic E-state index is -1.13. The van der Waals surface area contributed by atoms with Crippen molar-refractivity contribution < 1.29 is 14.7 Å². The lowest BCUT2D eigenvalue weighted by molar-refractivity contribution is -0.153. The van der Waals surface area contributed by atoms with Gasteiger partial charge in [-0.25, -0.2) is 0 Å². The van der Waals surface area contributed by atoms with Crippen LogP contribution in [0.5, 0.6) is 0 Å². The summed E-state index contributed by atoms with van der Waals surface area (Å²) >= 11 is 0. The normalized spacial score (nSPS) is 18.3. The summed E-state index contributed by atoms with van der Waals surface area (Å²) in [5, 5.41) is 9.16. The summed E-state index contributed by atoms with van der Waals surface area (Å²) < 4.78 is 0. The molecule has 0 aromatic carbocycles. The summed E-state index contributed by atoms with van der Waals surface area (Å²) in [6.07, 6.45) is 3.02. The van der Waals surface area contributed by atoms with Crippen LogP contribution in [0.25, 0.3) is 0 Å². The van der Waals surface area contributed by atoms with Gasteiger partial charge in [-0.2, -0.15) is 0 Å². The van der Waals surface area contributed by atoms with Crippen molar-refractivity contribution in [3.05, 3.63) is 23.8 Å². The molecule has 15 heavy (non-hydrogen) atoms. The Morgan fingerprint density at radius 2 is 2.00 bits per heavy atom. The number of aromatic nitrogens is 2. The highest BCUT2D eigenvalue weighted by Gasteiger charge is 2.53. The molecule has 1 N–H and O–H groups in total. The van der Waals surface area contributed by atoms with E-state index in [1.807, 2.05) is 0 Å². The van der Waals surface area contributed by atoms with Crippen molar-refractivity contribution >= 4 is 11.8 Å². The standard InChI is InChI=1S/C10H10N2O3/c1-6-8(12-3-2-11-6)10(9(14)15)4-7(13)5-10/h2-3H,4-5H2,1H3,(H,14,15). The molecule has 1 heterocycles. The summed E-state index contributed by atoms with van der Waals surface area (Å²) in [6.45, 7) is 1.70. The van der Waals surface area contributed by atoms with E-state index in [0.717, 1.165) is 0 Å².